The second-order valence-corrected chi connectivity index (χ2v) is 6.81. The summed E-state index contributed by atoms with van der Waals surface area (Å²) in [5.41, 5.74) is 1.71. The van der Waals surface area contributed by atoms with Gasteiger partial charge in [-0.1, -0.05) is 51.1 Å². The number of hydrogen-bond acceptors (Lipinski definition) is 2. The quantitative estimate of drug-likeness (QED) is 0.886. The highest BCUT2D eigenvalue weighted by Gasteiger charge is 2.23. The molecule has 1 aliphatic heterocycles. The summed E-state index contributed by atoms with van der Waals surface area (Å²) in [5.74, 6) is 0. The van der Waals surface area contributed by atoms with Gasteiger partial charge in [0.15, 0.2) is 0 Å². The summed E-state index contributed by atoms with van der Waals surface area (Å²) >= 11 is 0. The molecule has 0 aromatic heterocycles. The molecule has 1 fully saturated rings. The fourth-order valence-corrected chi connectivity index (χ4v) is 2.73. The Labute approximate surface area is 117 Å². The zero-order chi connectivity index (χ0) is 13.7. The van der Waals surface area contributed by atoms with E-state index in [0.717, 1.165) is 19.6 Å². The molecule has 1 N–H and O–H groups in total. The van der Waals surface area contributed by atoms with Gasteiger partial charge in [0.2, 0.25) is 0 Å². The Hall–Kier alpha value is -0.860. The van der Waals surface area contributed by atoms with Gasteiger partial charge in [-0.25, -0.2) is 0 Å². The monoisotopic (exact) mass is 261 g/mol. The largest absolute Gasteiger partial charge is 0.380 e. The van der Waals surface area contributed by atoms with Gasteiger partial charge in [-0.3, -0.25) is 0 Å². The van der Waals surface area contributed by atoms with E-state index in [0.29, 0.717) is 17.5 Å². The van der Waals surface area contributed by atoms with Gasteiger partial charge in [0, 0.05) is 18.7 Å². The maximum Gasteiger partial charge on any atom is 0.0619 e. The Morgan fingerprint density at radius 3 is 2.58 bits per heavy atom. The molecule has 2 nitrogen and oxygen atoms in total. The first-order valence-corrected chi connectivity index (χ1v) is 7.43. The summed E-state index contributed by atoms with van der Waals surface area (Å²) in [5, 5.41) is 3.80. The number of hydrogen-bond donors (Lipinski definition) is 1. The highest BCUT2D eigenvalue weighted by atomic mass is 16.5. The van der Waals surface area contributed by atoms with E-state index in [1.165, 1.54) is 18.4 Å². The average Bonchev–Trinajstić information content (AvgIpc) is 2.39. The highest BCUT2D eigenvalue weighted by molar-refractivity contribution is 5.19. The van der Waals surface area contributed by atoms with Gasteiger partial charge in [-0.15, -0.1) is 0 Å². The Morgan fingerprint density at radius 1 is 1.26 bits per heavy atom. The standard InChI is InChI=1S/C17H27NO/c1-17(2,3)12-16(14-8-5-4-6-9-14)18-15-10-7-11-19-13-15/h4-6,8-9,15-16,18H,7,10-13H2,1-3H3. The van der Waals surface area contributed by atoms with Crippen molar-refractivity contribution in [3.05, 3.63) is 35.9 Å². The molecule has 0 saturated carbocycles. The number of benzene rings is 1. The van der Waals surface area contributed by atoms with Crippen molar-refractivity contribution in [2.45, 2.75) is 52.1 Å². The Bertz CT molecular complexity index is 363. The predicted molar refractivity (Wildman–Crippen MR) is 80.2 cm³/mol. The Kier molecular flexibility index (Phi) is 5.00. The minimum atomic E-state index is 0.322. The molecule has 0 aliphatic carbocycles. The summed E-state index contributed by atoms with van der Waals surface area (Å²) in [7, 11) is 0. The van der Waals surface area contributed by atoms with Crippen molar-refractivity contribution < 1.29 is 4.74 Å². The van der Waals surface area contributed by atoms with E-state index >= 15 is 0 Å². The Morgan fingerprint density at radius 2 is 2.00 bits per heavy atom. The summed E-state index contributed by atoms with van der Waals surface area (Å²) in [6.07, 6.45) is 3.55. The molecule has 1 saturated heterocycles. The molecule has 1 aromatic carbocycles. The molecule has 1 aromatic rings. The van der Waals surface area contributed by atoms with Crippen LogP contribution in [-0.2, 0) is 4.74 Å². The van der Waals surface area contributed by atoms with Gasteiger partial charge in [0.1, 0.15) is 0 Å². The second kappa shape index (κ2) is 6.53. The molecule has 1 aliphatic rings. The summed E-state index contributed by atoms with van der Waals surface area (Å²) < 4.78 is 5.59. The zero-order valence-electron chi connectivity index (χ0n) is 12.5. The normalized spacial score (nSPS) is 22.2. The summed E-state index contributed by atoms with van der Waals surface area (Å²) in [6, 6.07) is 11.7. The van der Waals surface area contributed by atoms with Crippen LogP contribution in [0.2, 0.25) is 0 Å². The van der Waals surface area contributed by atoms with Gasteiger partial charge < -0.3 is 10.1 Å². The van der Waals surface area contributed by atoms with Crippen LogP contribution in [0.5, 0.6) is 0 Å². The van der Waals surface area contributed by atoms with Gasteiger partial charge in [-0.05, 0) is 30.2 Å². The fraction of sp³-hybridized carbons (Fsp3) is 0.647. The third kappa shape index (κ3) is 4.96. The smallest absolute Gasteiger partial charge is 0.0619 e. The first kappa shape index (κ1) is 14.5. The lowest BCUT2D eigenvalue weighted by Gasteiger charge is -2.32. The molecule has 0 amide bonds. The van der Waals surface area contributed by atoms with Crippen LogP contribution in [0.4, 0.5) is 0 Å². The minimum absolute atomic E-state index is 0.322. The van der Waals surface area contributed by atoms with Gasteiger partial charge in [-0.2, -0.15) is 0 Å². The molecule has 1 heterocycles. The maximum absolute atomic E-state index is 5.59. The van der Waals surface area contributed by atoms with E-state index in [9.17, 15) is 0 Å². The third-order valence-corrected chi connectivity index (χ3v) is 3.62. The molecule has 2 heteroatoms. The van der Waals surface area contributed by atoms with Crippen LogP contribution in [0.3, 0.4) is 0 Å². The SMILES string of the molecule is CC(C)(C)CC(NC1CCCOC1)c1ccccc1. The van der Waals surface area contributed by atoms with Crippen molar-refractivity contribution in [1.82, 2.24) is 5.32 Å². The van der Waals surface area contributed by atoms with Crippen molar-refractivity contribution in [2.24, 2.45) is 5.41 Å². The lowest BCUT2D eigenvalue weighted by Crippen LogP contribution is -2.40. The molecule has 2 atom stereocenters. The van der Waals surface area contributed by atoms with Gasteiger partial charge in [0.25, 0.3) is 0 Å². The number of nitrogens with one attached hydrogen (secondary N) is 1. The van der Waals surface area contributed by atoms with Crippen LogP contribution >= 0.6 is 0 Å². The van der Waals surface area contributed by atoms with E-state index in [-0.39, 0.29) is 0 Å². The van der Waals surface area contributed by atoms with Crippen LogP contribution in [0.1, 0.15) is 51.6 Å². The van der Waals surface area contributed by atoms with Crippen molar-refractivity contribution in [2.75, 3.05) is 13.2 Å². The van der Waals surface area contributed by atoms with Crippen LogP contribution in [0, 0.1) is 5.41 Å². The summed E-state index contributed by atoms with van der Waals surface area (Å²) in [6.45, 7) is 8.70. The molecule has 2 rings (SSSR count). The minimum Gasteiger partial charge on any atom is -0.380 e. The molecule has 0 spiro atoms. The van der Waals surface area contributed by atoms with E-state index in [1.54, 1.807) is 0 Å². The van der Waals surface area contributed by atoms with Crippen molar-refractivity contribution in [3.63, 3.8) is 0 Å². The zero-order valence-corrected chi connectivity index (χ0v) is 12.5. The van der Waals surface area contributed by atoms with Gasteiger partial charge >= 0.3 is 0 Å². The van der Waals surface area contributed by atoms with E-state index in [4.69, 9.17) is 4.74 Å². The molecule has 19 heavy (non-hydrogen) atoms. The van der Waals surface area contributed by atoms with E-state index in [2.05, 4.69) is 56.4 Å². The van der Waals surface area contributed by atoms with Gasteiger partial charge in [0.05, 0.1) is 6.61 Å². The predicted octanol–water partition coefficient (Wildman–Crippen LogP) is 3.93. The lowest BCUT2D eigenvalue weighted by molar-refractivity contribution is 0.0639. The first-order valence-electron chi connectivity index (χ1n) is 7.43. The summed E-state index contributed by atoms with van der Waals surface area (Å²) in [4.78, 5) is 0. The van der Waals surface area contributed by atoms with E-state index < -0.39 is 0 Å². The van der Waals surface area contributed by atoms with E-state index in [1.807, 2.05) is 0 Å². The van der Waals surface area contributed by atoms with Crippen molar-refractivity contribution >= 4 is 0 Å². The van der Waals surface area contributed by atoms with Crippen LogP contribution in [0.15, 0.2) is 30.3 Å². The molecule has 0 bridgehead atoms. The first-order chi connectivity index (χ1) is 9.04. The molecule has 0 radical (unpaired) electrons. The molecule has 2 unspecified atom stereocenters. The highest BCUT2D eigenvalue weighted by Crippen LogP contribution is 2.30. The topological polar surface area (TPSA) is 21.3 Å². The van der Waals surface area contributed by atoms with Crippen molar-refractivity contribution in [1.29, 1.82) is 0 Å². The van der Waals surface area contributed by atoms with Crippen LogP contribution in [-0.4, -0.2) is 19.3 Å². The fourth-order valence-electron chi connectivity index (χ4n) is 2.73. The molecular weight excluding hydrogens is 234 g/mol. The average molecular weight is 261 g/mol. The van der Waals surface area contributed by atoms with Crippen molar-refractivity contribution in [3.8, 4) is 0 Å². The number of ether oxygens (including phenoxy) is 1. The van der Waals surface area contributed by atoms with Crippen LogP contribution < -0.4 is 5.32 Å². The Balaban J connectivity index is 2.05. The molecule has 106 valence electrons. The third-order valence-electron chi connectivity index (χ3n) is 3.62. The number of rotatable bonds is 4. The second-order valence-electron chi connectivity index (χ2n) is 6.81. The van der Waals surface area contributed by atoms with Crippen LogP contribution in [0.25, 0.3) is 0 Å². The maximum atomic E-state index is 5.59. The lowest BCUT2D eigenvalue weighted by atomic mass is 9.85. The molecular formula is C17H27NO.